The molecule has 0 radical (unpaired) electrons. The van der Waals surface area contributed by atoms with Crippen LogP contribution in [0.4, 0.5) is 13.2 Å². The molecule has 0 aliphatic heterocycles. The van der Waals surface area contributed by atoms with Crippen molar-refractivity contribution in [2.24, 2.45) is 0 Å². The Morgan fingerprint density at radius 1 is 1.00 bits per heavy atom. The van der Waals surface area contributed by atoms with Crippen molar-refractivity contribution in [2.75, 3.05) is 13.6 Å². The van der Waals surface area contributed by atoms with Crippen LogP contribution in [0.15, 0.2) is 30.3 Å². The van der Waals surface area contributed by atoms with E-state index in [0.29, 0.717) is 18.3 Å². The van der Waals surface area contributed by atoms with Gasteiger partial charge in [0.25, 0.3) is 5.91 Å². The third-order valence-electron chi connectivity index (χ3n) is 9.09. The molecule has 1 atom stereocenters. The van der Waals surface area contributed by atoms with Gasteiger partial charge in [0, 0.05) is 30.6 Å². The smallest absolute Gasteiger partial charge is 0.353 e. The molecule has 5 rings (SSSR count). The molecule has 1 heterocycles. The summed E-state index contributed by atoms with van der Waals surface area (Å²) in [5.74, 6) is -0.556. The number of rotatable bonds is 10. The number of hydrogen-bond donors (Lipinski definition) is 2. The van der Waals surface area contributed by atoms with Crippen molar-refractivity contribution < 1.29 is 22.8 Å². The molecule has 224 valence electrons. The lowest BCUT2D eigenvalue weighted by Crippen LogP contribution is -2.49. The van der Waals surface area contributed by atoms with E-state index in [0.717, 1.165) is 63.9 Å². The minimum absolute atomic E-state index is 0.0203. The van der Waals surface area contributed by atoms with E-state index in [-0.39, 0.29) is 35.7 Å². The summed E-state index contributed by atoms with van der Waals surface area (Å²) in [7, 11) is 2.04. The van der Waals surface area contributed by atoms with E-state index in [1.165, 1.54) is 37.5 Å². The number of benzene rings is 1. The molecular formula is C31H42F3N5O2. The molecule has 0 spiro atoms. The normalized spacial score (nSPS) is 19.7. The van der Waals surface area contributed by atoms with Crippen molar-refractivity contribution in [1.29, 1.82) is 0 Å². The summed E-state index contributed by atoms with van der Waals surface area (Å²) in [6.45, 7) is 0.515. The average molecular weight is 574 g/mol. The number of carbonyl (C=O) groups is 2. The Morgan fingerprint density at radius 3 is 2.34 bits per heavy atom. The number of likely N-dealkylation sites (N-methyl/N-ethyl adjacent to an activating group) is 1. The predicted molar refractivity (Wildman–Crippen MR) is 151 cm³/mol. The van der Waals surface area contributed by atoms with Crippen LogP contribution in [0.3, 0.4) is 0 Å². The van der Waals surface area contributed by atoms with Crippen molar-refractivity contribution >= 4 is 11.8 Å². The Hall–Kier alpha value is -2.88. The lowest BCUT2D eigenvalue weighted by atomic mass is 9.92. The molecule has 0 unspecified atom stereocenters. The summed E-state index contributed by atoms with van der Waals surface area (Å²) in [5.41, 5.74) is -0.347. The van der Waals surface area contributed by atoms with Gasteiger partial charge in [-0.25, -0.2) is 0 Å². The van der Waals surface area contributed by atoms with Gasteiger partial charge in [-0.1, -0.05) is 50.3 Å². The highest BCUT2D eigenvalue weighted by Crippen LogP contribution is 2.40. The molecular weight excluding hydrogens is 531 g/mol. The third kappa shape index (κ3) is 7.31. The second kappa shape index (κ2) is 13.0. The first-order valence-corrected chi connectivity index (χ1v) is 15.3. The molecule has 3 fully saturated rings. The number of aromatic nitrogens is 2. The monoisotopic (exact) mass is 573 g/mol. The molecule has 0 bridgehead atoms. The molecule has 7 nitrogen and oxygen atoms in total. The van der Waals surface area contributed by atoms with Gasteiger partial charge < -0.3 is 15.5 Å². The van der Waals surface area contributed by atoms with Crippen LogP contribution >= 0.6 is 0 Å². The Morgan fingerprint density at radius 2 is 1.68 bits per heavy atom. The zero-order chi connectivity index (χ0) is 29.0. The fourth-order valence-electron chi connectivity index (χ4n) is 6.59. The third-order valence-corrected chi connectivity index (χ3v) is 9.09. The van der Waals surface area contributed by atoms with Gasteiger partial charge in [0.2, 0.25) is 5.91 Å². The Kier molecular flexibility index (Phi) is 9.36. The van der Waals surface area contributed by atoms with Crippen molar-refractivity contribution in [3.05, 3.63) is 41.6 Å². The largest absolute Gasteiger partial charge is 0.417 e. The molecule has 41 heavy (non-hydrogen) atoms. The van der Waals surface area contributed by atoms with E-state index in [2.05, 4.69) is 20.6 Å². The van der Waals surface area contributed by atoms with Crippen LogP contribution in [-0.4, -0.2) is 58.2 Å². The summed E-state index contributed by atoms with van der Waals surface area (Å²) in [6, 6.07) is 7.05. The van der Waals surface area contributed by atoms with E-state index >= 15 is 0 Å². The van der Waals surface area contributed by atoms with Gasteiger partial charge in [0.05, 0.1) is 23.3 Å². The van der Waals surface area contributed by atoms with Crippen LogP contribution in [0.5, 0.6) is 0 Å². The first-order valence-electron chi connectivity index (χ1n) is 15.3. The second-order valence-corrected chi connectivity index (χ2v) is 12.1. The molecule has 0 saturated heterocycles. The van der Waals surface area contributed by atoms with Crippen LogP contribution in [0.25, 0.3) is 11.3 Å². The predicted octanol–water partition coefficient (Wildman–Crippen LogP) is 6.11. The van der Waals surface area contributed by atoms with E-state index in [1.807, 2.05) is 7.05 Å². The number of hydrogen-bond acceptors (Lipinski definition) is 4. The molecule has 1 aromatic heterocycles. The molecule has 2 aromatic rings. The molecule has 1 aromatic carbocycles. The molecule has 2 amide bonds. The number of nitrogens with zero attached hydrogens (tertiary/aromatic N) is 3. The van der Waals surface area contributed by atoms with Crippen molar-refractivity contribution in [3.63, 3.8) is 0 Å². The fraction of sp³-hybridized carbons (Fsp3) is 0.645. The van der Waals surface area contributed by atoms with Gasteiger partial charge in [-0.3, -0.25) is 14.3 Å². The van der Waals surface area contributed by atoms with Crippen LogP contribution in [0.2, 0.25) is 0 Å². The first-order chi connectivity index (χ1) is 19.7. The quantitative estimate of drug-likeness (QED) is 0.360. The van der Waals surface area contributed by atoms with Crippen molar-refractivity contribution in [3.8, 4) is 11.3 Å². The zero-order valence-electron chi connectivity index (χ0n) is 23.9. The lowest BCUT2D eigenvalue weighted by molar-refractivity contribution is -0.137. The van der Waals surface area contributed by atoms with Crippen LogP contribution < -0.4 is 10.6 Å². The lowest BCUT2D eigenvalue weighted by Gasteiger charge is -2.34. The van der Waals surface area contributed by atoms with Crippen LogP contribution in [0, 0.1) is 0 Å². The summed E-state index contributed by atoms with van der Waals surface area (Å²) in [4.78, 5) is 28.7. The van der Waals surface area contributed by atoms with Crippen LogP contribution in [-0.2, 0) is 11.0 Å². The van der Waals surface area contributed by atoms with Gasteiger partial charge >= 0.3 is 6.18 Å². The fourth-order valence-corrected chi connectivity index (χ4v) is 6.59. The number of alkyl halides is 3. The summed E-state index contributed by atoms with van der Waals surface area (Å²) >= 11 is 0. The Labute approximate surface area is 240 Å². The topological polar surface area (TPSA) is 79.3 Å². The Balaban J connectivity index is 1.39. The standard InChI is InChI=1S/C31H42F3N5O2/c1-38(23-12-3-2-4-13-23)20-22(18-29(40)35-21-10-9-11-21)36-30(41)27-19-28(39(37-27)24-14-5-6-15-24)25-16-7-8-17-26(25)31(32,33)34/h7-8,16-17,19,21-24H,2-6,9-15,18,20H2,1H3,(H,35,40)(H,36,41)/t22-/m0/s1. The summed E-state index contributed by atoms with van der Waals surface area (Å²) in [5, 5.41) is 10.7. The van der Waals surface area contributed by atoms with Gasteiger partial charge in [-0.15, -0.1) is 0 Å². The average Bonchev–Trinajstić information content (AvgIpc) is 3.61. The number of halogens is 3. The van der Waals surface area contributed by atoms with Crippen molar-refractivity contribution in [1.82, 2.24) is 25.3 Å². The molecule has 3 saturated carbocycles. The molecule has 10 heteroatoms. The maximum atomic E-state index is 13.9. The van der Waals surface area contributed by atoms with Gasteiger partial charge in [-0.2, -0.15) is 18.3 Å². The number of nitrogens with one attached hydrogen (secondary N) is 2. The highest BCUT2D eigenvalue weighted by atomic mass is 19.4. The number of amides is 2. The second-order valence-electron chi connectivity index (χ2n) is 12.1. The minimum Gasteiger partial charge on any atom is -0.353 e. The summed E-state index contributed by atoms with van der Waals surface area (Å²) in [6.07, 6.45) is 8.01. The Bertz CT molecular complexity index is 1200. The molecule has 3 aliphatic carbocycles. The van der Waals surface area contributed by atoms with Crippen LogP contribution in [0.1, 0.15) is 106 Å². The van der Waals surface area contributed by atoms with E-state index in [1.54, 1.807) is 10.7 Å². The zero-order valence-corrected chi connectivity index (χ0v) is 23.9. The van der Waals surface area contributed by atoms with E-state index in [9.17, 15) is 22.8 Å². The molecule has 2 N–H and O–H groups in total. The molecule has 3 aliphatic rings. The minimum atomic E-state index is -4.54. The highest BCUT2D eigenvalue weighted by Gasteiger charge is 2.36. The van der Waals surface area contributed by atoms with E-state index in [4.69, 9.17) is 0 Å². The van der Waals surface area contributed by atoms with Gasteiger partial charge in [0.15, 0.2) is 5.69 Å². The highest BCUT2D eigenvalue weighted by molar-refractivity contribution is 5.94. The SMILES string of the molecule is CN(C[C@H](CC(=O)NC1CCC1)NC(=O)c1cc(-c2ccccc2C(F)(F)F)n(C2CCCC2)n1)C1CCCCC1. The first kappa shape index (κ1) is 29.6. The maximum Gasteiger partial charge on any atom is 0.417 e. The summed E-state index contributed by atoms with van der Waals surface area (Å²) < 4.78 is 43.5. The van der Waals surface area contributed by atoms with Crippen molar-refractivity contribution in [2.45, 2.75) is 114 Å². The van der Waals surface area contributed by atoms with Gasteiger partial charge in [-0.05, 0) is 64.1 Å². The maximum absolute atomic E-state index is 13.9. The van der Waals surface area contributed by atoms with Gasteiger partial charge in [0.1, 0.15) is 0 Å². The van der Waals surface area contributed by atoms with E-state index < -0.39 is 23.7 Å². The number of carbonyl (C=O) groups excluding carboxylic acids is 2.